The number of esters is 1. The fourth-order valence-corrected chi connectivity index (χ4v) is 2.20. The second-order valence-electron chi connectivity index (χ2n) is 5.15. The molecule has 1 heterocycles. The Morgan fingerprint density at radius 2 is 2.06 bits per heavy atom. The molecule has 1 aliphatic rings. The number of hydrogen-bond acceptors (Lipinski definition) is 3. The Morgan fingerprint density at radius 1 is 1.50 bits per heavy atom. The zero-order valence-electron chi connectivity index (χ0n) is 10.4. The smallest absolute Gasteiger partial charge is 0.319 e. The van der Waals surface area contributed by atoms with Crippen molar-refractivity contribution in [3.63, 3.8) is 0 Å². The zero-order chi connectivity index (χ0) is 12.5. The lowest BCUT2D eigenvalue weighted by Gasteiger charge is -2.38. The molecule has 16 heavy (non-hydrogen) atoms. The van der Waals surface area contributed by atoms with Crippen molar-refractivity contribution in [2.75, 3.05) is 0 Å². The Labute approximate surface area is 96.9 Å². The molecule has 0 aliphatic carbocycles. The molecule has 0 aromatic carbocycles. The number of allylic oxidation sites excluding steroid dienone is 1. The molecule has 0 unspecified atom stereocenters. The van der Waals surface area contributed by atoms with Gasteiger partial charge >= 0.3 is 5.97 Å². The molecule has 0 saturated carbocycles. The molecule has 1 saturated heterocycles. The molecular formula is C13H20O3. The highest BCUT2D eigenvalue weighted by atomic mass is 16.5. The van der Waals surface area contributed by atoms with Crippen LogP contribution in [0, 0.1) is 17.3 Å². The van der Waals surface area contributed by atoms with E-state index >= 15 is 0 Å². The molecular weight excluding hydrogens is 204 g/mol. The minimum absolute atomic E-state index is 0.0235. The van der Waals surface area contributed by atoms with Crippen LogP contribution in [0.5, 0.6) is 0 Å². The van der Waals surface area contributed by atoms with Gasteiger partial charge in [-0.1, -0.05) is 19.9 Å². The van der Waals surface area contributed by atoms with Gasteiger partial charge in [-0.05, 0) is 26.2 Å². The molecule has 0 aromatic rings. The van der Waals surface area contributed by atoms with Crippen LogP contribution in [0.2, 0.25) is 0 Å². The highest BCUT2D eigenvalue weighted by molar-refractivity contribution is 6.05. The van der Waals surface area contributed by atoms with Crippen molar-refractivity contribution in [2.45, 2.75) is 40.2 Å². The van der Waals surface area contributed by atoms with E-state index in [2.05, 4.69) is 6.58 Å². The van der Waals surface area contributed by atoms with Crippen LogP contribution in [-0.4, -0.2) is 17.9 Å². The quantitative estimate of drug-likeness (QED) is 0.420. The Morgan fingerprint density at radius 3 is 2.56 bits per heavy atom. The third-order valence-electron chi connectivity index (χ3n) is 3.38. The van der Waals surface area contributed by atoms with Gasteiger partial charge in [-0.15, -0.1) is 6.58 Å². The summed E-state index contributed by atoms with van der Waals surface area (Å²) >= 11 is 0. The number of cyclic esters (lactones) is 1. The van der Waals surface area contributed by atoms with E-state index in [9.17, 15) is 9.59 Å². The van der Waals surface area contributed by atoms with E-state index in [1.165, 1.54) is 0 Å². The van der Waals surface area contributed by atoms with Crippen LogP contribution < -0.4 is 0 Å². The molecule has 0 radical (unpaired) electrons. The number of hydrogen-bond donors (Lipinski definition) is 0. The molecule has 3 nitrogen and oxygen atoms in total. The van der Waals surface area contributed by atoms with Crippen LogP contribution in [0.25, 0.3) is 0 Å². The van der Waals surface area contributed by atoms with Crippen LogP contribution in [-0.2, 0) is 14.3 Å². The number of rotatable bonds is 3. The highest BCUT2D eigenvalue weighted by Crippen LogP contribution is 2.35. The summed E-state index contributed by atoms with van der Waals surface area (Å²) in [6, 6.07) is 0. The van der Waals surface area contributed by atoms with Crippen LogP contribution in [0.3, 0.4) is 0 Å². The molecule has 3 atom stereocenters. The molecule has 0 aromatic heterocycles. The van der Waals surface area contributed by atoms with Crippen LogP contribution in [0.4, 0.5) is 0 Å². The largest absolute Gasteiger partial charge is 0.461 e. The van der Waals surface area contributed by atoms with E-state index < -0.39 is 11.4 Å². The Bertz CT molecular complexity index is 317. The minimum Gasteiger partial charge on any atom is -0.461 e. The Balaban J connectivity index is 2.89. The van der Waals surface area contributed by atoms with Gasteiger partial charge < -0.3 is 4.74 Å². The third kappa shape index (κ3) is 2.04. The van der Waals surface area contributed by atoms with Gasteiger partial charge in [-0.3, -0.25) is 9.59 Å². The lowest BCUT2D eigenvalue weighted by Crippen LogP contribution is -2.51. The van der Waals surface area contributed by atoms with E-state index in [4.69, 9.17) is 4.74 Å². The first-order valence-electron chi connectivity index (χ1n) is 5.68. The summed E-state index contributed by atoms with van der Waals surface area (Å²) < 4.78 is 5.39. The van der Waals surface area contributed by atoms with E-state index in [1.54, 1.807) is 19.9 Å². The first-order valence-corrected chi connectivity index (χ1v) is 5.68. The van der Waals surface area contributed by atoms with Gasteiger partial charge in [0.1, 0.15) is 11.5 Å². The van der Waals surface area contributed by atoms with Crippen molar-refractivity contribution >= 4 is 11.8 Å². The predicted molar refractivity (Wildman–Crippen MR) is 61.8 cm³/mol. The molecule has 0 bridgehead atoms. The summed E-state index contributed by atoms with van der Waals surface area (Å²) in [6.07, 6.45) is 2.22. The summed E-state index contributed by atoms with van der Waals surface area (Å²) in [6.45, 7) is 10.7. The third-order valence-corrected chi connectivity index (χ3v) is 3.38. The first-order chi connectivity index (χ1) is 7.32. The van der Waals surface area contributed by atoms with Gasteiger partial charge in [-0.25, -0.2) is 0 Å². The van der Waals surface area contributed by atoms with Gasteiger partial charge in [0, 0.05) is 0 Å². The predicted octanol–water partition coefficient (Wildman–Crippen LogP) is 2.36. The molecule has 1 aliphatic heterocycles. The monoisotopic (exact) mass is 224 g/mol. The highest BCUT2D eigenvalue weighted by Gasteiger charge is 2.49. The summed E-state index contributed by atoms with van der Waals surface area (Å²) in [5, 5.41) is 0. The average Bonchev–Trinajstić information content (AvgIpc) is 2.21. The molecule has 3 heteroatoms. The van der Waals surface area contributed by atoms with E-state index in [0.29, 0.717) is 0 Å². The van der Waals surface area contributed by atoms with E-state index in [0.717, 1.165) is 6.42 Å². The second kappa shape index (κ2) is 4.40. The maximum atomic E-state index is 12.0. The van der Waals surface area contributed by atoms with E-state index in [1.807, 2.05) is 13.8 Å². The van der Waals surface area contributed by atoms with E-state index in [-0.39, 0.29) is 23.7 Å². The van der Waals surface area contributed by atoms with Crippen LogP contribution >= 0.6 is 0 Å². The minimum atomic E-state index is -0.996. The fraction of sp³-hybridized carbons (Fsp3) is 0.692. The molecule has 90 valence electrons. The molecule has 1 rings (SSSR count). The normalized spacial score (nSPS) is 30.8. The molecule has 0 spiro atoms. The standard InChI is InChI=1S/C13H20O3/c1-6-7-8(2)10-9(3)11(14)13(4,5)12(15)16-10/h6,8-10H,1,7H2,2-5H3/t8-,9+,10-/m0/s1. The average molecular weight is 224 g/mol. The van der Waals surface area contributed by atoms with Crippen molar-refractivity contribution in [2.24, 2.45) is 17.3 Å². The maximum absolute atomic E-state index is 12.0. The second-order valence-corrected chi connectivity index (χ2v) is 5.15. The van der Waals surface area contributed by atoms with Crippen molar-refractivity contribution in [1.29, 1.82) is 0 Å². The fourth-order valence-electron chi connectivity index (χ4n) is 2.20. The number of ether oxygens (including phenoxy) is 1. The maximum Gasteiger partial charge on any atom is 0.319 e. The number of ketones is 1. The van der Waals surface area contributed by atoms with Crippen molar-refractivity contribution in [1.82, 2.24) is 0 Å². The van der Waals surface area contributed by atoms with Gasteiger partial charge in [-0.2, -0.15) is 0 Å². The summed E-state index contributed by atoms with van der Waals surface area (Å²) in [4.78, 5) is 23.8. The molecule has 1 fully saturated rings. The summed E-state index contributed by atoms with van der Waals surface area (Å²) in [5.41, 5.74) is -0.996. The number of carbonyl (C=O) groups is 2. The summed E-state index contributed by atoms with van der Waals surface area (Å²) in [5.74, 6) is -0.527. The Kier molecular flexibility index (Phi) is 3.56. The topological polar surface area (TPSA) is 43.4 Å². The van der Waals surface area contributed by atoms with Crippen LogP contribution in [0.1, 0.15) is 34.1 Å². The zero-order valence-corrected chi connectivity index (χ0v) is 10.4. The number of Topliss-reactive ketones (excluding diaryl/α,β-unsaturated/α-hetero) is 1. The van der Waals surface area contributed by atoms with Crippen molar-refractivity contribution in [3.05, 3.63) is 12.7 Å². The lowest BCUT2D eigenvalue weighted by molar-refractivity contribution is -0.180. The Hall–Kier alpha value is -1.12. The van der Waals surface area contributed by atoms with Gasteiger partial charge in [0.15, 0.2) is 5.78 Å². The first kappa shape index (κ1) is 12.9. The van der Waals surface area contributed by atoms with Crippen molar-refractivity contribution < 1.29 is 14.3 Å². The van der Waals surface area contributed by atoms with Gasteiger partial charge in [0.25, 0.3) is 0 Å². The number of carbonyl (C=O) groups excluding carboxylic acids is 2. The van der Waals surface area contributed by atoms with Crippen LogP contribution in [0.15, 0.2) is 12.7 Å². The van der Waals surface area contributed by atoms with Crippen molar-refractivity contribution in [3.8, 4) is 0 Å². The SMILES string of the molecule is C=CC[C@H](C)[C@@H]1OC(=O)C(C)(C)C(=O)[C@@H]1C. The van der Waals surface area contributed by atoms with Gasteiger partial charge in [0.2, 0.25) is 0 Å². The molecule has 0 N–H and O–H groups in total. The molecule has 0 amide bonds. The summed E-state index contributed by atoms with van der Waals surface area (Å²) in [7, 11) is 0. The lowest BCUT2D eigenvalue weighted by atomic mass is 9.74. The van der Waals surface area contributed by atoms with Gasteiger partial charge in [0.05, 0.1) is 5.92 Å².